The van der Waals surface area contributed by atoms with E-state index in [1.807, 2.05) is 0 Å². The van der Waals surface area contributed by atoms with E-state index < -0.39 is 45.5 Å². The third-order valence-corrected chi connectivity index (χ3v) is 10.0. The van der Waals surface area contributed by atoms with Crippen molar-refractivity contribution in [3.63, 3.8) is 0 Å². The predicted octanol–water partition coefficient (Wildman–Crippen LogP) is 3.45. The summed E-state index contributed by atoms with van der Waals surface area (Å²) in [6.45, 7) is -0.0274. The van der Waals surface area contributed by atoms with E-state index in [0.717, 1.165) is 16.4 Å². The molecule has 3 heterocycles. The topological polar surface area (TPSA) is 90.0 Å². The number of benzene rings is 2. The lowest BCUT2D eigenvalue weighted by molar-refractivity contribution is -0.142. The molecule has 2 aromatic carbocycles. The van der Waals surface area contributed by atoms with Gasteiger partial charge in [-0.15, -0.1) is 0 Å². The Bertz CT molecular complexity index is 1370. The zero-order valence-electron chi connectivity index (χ0n) is 22.3. The van der Waals surface area contributed by atoms with E-state index in [0.29, 0.717) is 43.4 Å². The van der Waals surface area contributed by atoms with Crippen molar-refractivity contribution in [3.05, 3.63) is 71.3 Å². The smallest absolute Gasteiger partial charge is 0.350 e. The number of hydrogen-bond acceptors (Lipinski definition) is 4. The standard InChI is InChI=1S/C28H32F4N4O4S/c29-27(22-7-2-1-3-8-22)18-35(19-27)41(39,40)34-14-4-6-21(17-34)26(38)36-15-5-9-24(36)25(37)33-16-20-10-12-23(13-11-20)28(30,31)32/h1-3,7-8,10-13,21,24H,4-6,9,14-19H2,(H,33,37)/t21-,24+/m0/s1. The Hall–Kier alpha value is -3.03. The summed E-state index contributed by atoms with van der Waals surface area (Å²) in [6, 6.07) is 12.2. The van der Waals surface area contributed by atoms with Crippen molar-refractivity contribution in [1.29, 1.82) is 0 Å². The van der Waals surface area contributed by atoms with Gasteiger partial charge >= 0.3 is 6.18 Å². The van der Waals surface area contributed by atoms with E-state index in [1.165, 1.54) is 21.3 Å². The minimum absolute atomic E-state index is 0.0137. The monoisotopic (exact) mass is 596 g/mol. The molecule has 3 aliphatic heterocycles. The van der Waals surface area contributed by atoms with Crippen molar-refractivity contribution in [2.45, 2.75) is 50.1 Å². The molecule has 2 atom stereocenters. The number of nitrogens with one attached hydrogen (secondary N) is 1. The first-order chi connectivity index (χ1) is 19.4. The second kappa shape index (κ2) is 11.3. The van der Waals surface area contributed by atoms with Crippen LogP contribution in [-0.2, 0) is 38.2 Å². The van der Waals surface area contributed by atoms with Gasteiger partial charge in [0.15, 0.2) is 5.67 Å². The molecule has 3 fully saturated rings. The molecule has 5 rings (SSSR count). The maximum absolute atomic E-state index is 15.3. The number of alkyl halides is 4. The van der Waals surface area contributed by atoms with Crippen LogP contribution in [0, 0.1) is 5.92 Å². The molecule has 0 radical (unpaired) electrons. The van der Waals surface area contributed by atoms with Crippen LogP contribution in [0.4, 0.5) is 17.6 Å². The van der Waals surface area contributed by atoms with Gasteiger partial charge in [0.25, 0.3) is 10.2 Å². The van der Waals surface area contributed by atoms with E-state index in [2.05, 4.69) is 5.32 Å². The van der Waals surface area contributed by atoms with Crippen molar-refractivity contribution in [2.75, 3.05) is 32.7 Å². The summed E-state index contributed by atoms with van der Waals surface area (Å²) in [4.78, 5) is 27.9. The van der Waals surface area contributed by atoms with Crippen LogP contribution in [0.1, 0.15) is 42.4 Å². The molecule has 0 unspecified atom stereocenters. The number of piperidine rings is 1. The normalized spacial score (nSPS) is 23.7. The van der Waals surface area contributed by atoms with Crippen molar-refractivity contribution >= 4 is 22.0 Å². The molecule has 41 heavy (non-hydrogen) atoms. The van der Waals surface area contributed by atoms with E-state index in [1.54, 1.807) is 30.3 Å². The Balaban J connectivity index is 1.17. The number of amides is 2. The van der Waals surface area contributed by atoms with Crippen molar-refractivity contribution in [3.8, 4) is 0 Å². The first-order valence-corrected chi connectivity index (χ1v) is 15.0. The van der Waals surface area contributed by atoms with Crippen LogP contribution >= 0.6 is 0 Å². The molecule has 2 aromatic rings. The molecule has 222 valence electrons. The molecule has 0 spiro atoms. The largest absolute Gasteiger partial charge is 0.416 e. The molecule has 0 aliphatic carbocycles. The molecule has 0 saturated carbocycles. The minimum atomic E-state index is -4.45. The first-order valence-electron chi connectivity index (χ1n) is 13.6. The maximum Gasteiger partial charge on any atom is 0.416 e. The van der Waals surface area contributed by atoms with E-state index in [9.17, 15) is 31.2 Å². The Morgan fingerprint density at radius 1 is 0.927 bits per heavy atom. The van der Waals surface area contributed by atoms with Crippen LogP contribution in [0.5, 0.6) is 0 Å². The average Bonchev–Trinajstić information content (AvgIpc) is 3.44. The molecule has 13 heteroatoms. The molecular formula is C28H32F4N4O4S. The summed E-state index contributed by atoms with van der Waals surface area (Å²) in [5.74, 6) is -1.34. The van der Waals surface area contributed by atoms with Gasteiger partial charge in [0.2, 0.25) is 11.8 Å². The highest BCUT2D eigenvalue weighted by atomic mass is 32.2. The Morgan fingerprint density at radius 3 is 2.24 bits per heavy atom. The number of halogens is 4. The van der Waals surface area contributed by atoms with Gasteiger partial charge in [-0.2, -0.15) is 30.2 Å². The summed E-state index contributed by atoms with van der Waals surface area (Å²) in [7, 11) is -3.97. The summed E-state index contributed by atoms with van der Waals surface area (Å²) in [5.41, 5.74) is -1.62. The molecule has 0 bridgehead atoms. The molecular weight excluding hydrogens is 564 g/mol. The van der Waals surface area contributed by atoms with Gasteiger partial charge in [-0.25, -0.2) is 4.39 Å². The first kappa shape index (κ1) is 29.5. The highest BCUT2D eigenvalue weighted by molar-refractivity contribution is 7.86. The molecule has 0 aromatic heterocycles. The Morgan fingerprint density at radius 2 is 1.59 bits per heavy atom. The zero-order valence-corrected chi connectivity index (χ0v) is 23.1. The lowest BCUT2D eigenvalue weighted by Crippen LogP contribution is -2.63. The summed E-state index contributed by atoms with van der Waals surface area (Å²) < 4.78 is 82.6. The molecule has 3 aliphatic rings. The van der Waals surface area contributed by atoms with Gasteiger partial charge in [0, 0.05) is 26.2 Å². The van der Waals surface area contributed by atoms with Crippen molar-refractivity contribution in [2.24, 2.45) is 5.92 Å². The van der Waals surface area contributed by atoms with Gasteiger partial charge in [0.05, 0.1) is 24.6 Å². The van der Waals surface area contributed by atoms with Gasteiger partial charge in [-0.05, 0) is 48.9 Å². The highest BCUT2D eigenvalue weighted by Crippen LogP contribution is 2.39. The molecule has 8 nitrogen and oxygen atoms in total. The van der Waals surface area contributed by atoms with Gasteiger partial charge in [-0.3, -0.25) is 9.59 Å². The number of carbonyl (C=O) groups is 2. The summed E-state index contributed by atoms with van der Waals surface area (Å²) >= 11 is 0. The Kier molecular flexibility index (Phi) is 8.14. The lowest BCUT2D eigenvalue weighted by Gasteiger charge is -2.46. The number of nitrogens with zero attached hydrogens (tertiary/aromatic N) is 3. The van der Waals surface area contributed by atoms with Crippen molar-refractivity contribution < 1.29 is 35.6 Å². The summed E-state index contributed by atoms with van der Waals surface area (Å²) in [6.07, 6.45) is -2.48. The second-order valence-electron chi connectivity index (χ2n) is 10.9. The SMILES string of the molecule is O=C(NCc1ccc(C(F)(F)F)cc1)[C@H]1CCCN1C(=O)[C@H]1CCCN(S(=O)(=O)N2CC(F)(c3ccccc3)C2)C1. The zero-order chi connectivity index (χ0) is 29.4. The van der Waals surface area contributed by atoms with Crippen LogP contribution in [-0.4, -0.2) is 72.5 Å². The van der Waals surface area contributed by atoms with E-state index in [4.69, 9.17) is 0 Å². The van der Waals surface area contributed by atoms with E-state index in [-0.39, 0.29) is 38.6 Å². The number of carbonyl (C=O) groups excluding carboxylic acids is 2. The van der Waals surface area contributed by atoms with Gasteiger partial charge in [0.1, 0.15) is 6.04 Å². The van der Waals surface area contributed by atoms with Crippen LogP contribution < -0.4 is 5.32 Å². The predicted molar refractivity (Wildman–Crippen MR) is 142 cm³/mol. The second-order valence-corrected chi connectivity index (χ2v) is 12.8. The third kappa shape index (κ3) is 6.12. The minimum Gasteiger partial charge on any atom is -0.350 e. The number of rotatable bonds is 7. The number of likely N-dealkylation sites (tertiary alicyclic amines) is 1. The van der Waals surface area contributed by atoms with Crippen LogP contribution in [0.25, 0.3) is 0 Å². The molecule has 3 saturated heterocycles. The number of hydrogen-bond donors (Lipinski definition) is 1. The van der Waals surface area contributed by atoms with Crippen LogP contribution in [0.2, 0.25) is 0 Å². The van der Waals surface area contributed by atoms with Gasteiger partial charge in [-0.1, -0.05) is 42.5 Å². The highest BCUT2D eigenvalue weighted by Gasteiger charge is 2.52. The van der Waals surface area contributed by atoms with Crippen molar-refractivity contribution in [1.82, 2.24) is 18.8 Å². The quantitative estimate of drug-likeness (QED) is 0.496. The molecule has 1 N–H and O–H groups in total. The fourth-order valence-electron chi connectivity index (χ4n) is 5.77. The fraction of sp³-hybridized carbons (Fsp3) is 0.500. The van der Waals surface area contributed by atoms with E-state index >= 15 is 4.39 Å². The third-order valence-electron chi connectivity index (χ3n) is 8.12. The van der Waals surface area contributed by atoms with Gasteiger partial charge < -0.3 is 10.2 Å². The lowest BCUT2D eigenvalue weighted by atomic mass is 9.90. The maximum atomic E-state index is 15.3. The van der Waals surface area contributed by atoms with Crippen LogP contribution in [0.3, 0.4) is 0 Å². The summed E-state index contributed by atoms with van der Waals surface area (Å²) in [5, 5.41) is 2.71. The average molecular weight is 597 g/mol. The van der Waals surface area contributed by atoms with Crippen LogP contribution in [0.15, 0.2) is 54.6 Å². The Labute approximate surface area is 236 Å². The molecule has 2 amide bonds. The fourth-order valence-corrected chi connectivity index (χ4v) is 7.56.